The first-order chi connectivity index (χ1) is 13.1. The van der Waals surface area contributed by atoms with Crippen molar-refractivity contribution < 1.29 is 19.4 Å². The first kappa shape index (κ1) is 19.8. The quantitative estimate of drug-likeness (QED) is 0.814. The van der Waals surface area contributed by atoms with Crippen LogP contribution in [0.4, 0.5) is 0 Å². The number of morpholine rings is 1. The maximum absolute atomic E-state index is 13.0. The van der Waals surface area contributed by atoms with Crippen molar-refractivity contribution in [2.75, 3.05) is 39.4 Å². The second-order valence-electron chi connectivity index (χ2n) is 7.34. The largest absolute Gasteiger partial charge is 0.481 e. The van der Waals surface area contributed by atoms with E-state index in [2.05, 4.69) is 9.88 Å². The molecule has 2 aliphatic rings. The molecule has 27 heavy (non-hydrogen) atoms. The maximum atomic E-state index is 13.0. The fourth-order valence-corrected chi connectivity index (χ4v) is 4.17. The van der Waals surface area contributed by atoms with E-state index in [0.29, 0.717) is 31.1 Å². The predicted octanol–water partition coefficient (Wildman–Crippen LogP) is 1.67. The summed E-state index contributed by atoms with van der Waals surface area (Å²) in [5, 5.41) is 9.13. The Balaban J connectivity index is 1.71. The van der Waals surface area contributed by atoms with Gasteiger partial charge >= 0.3 is 5.97 Å². The summed E-state index contributed by atoms with van der Waals surface area (Å²) in [6.45, 7) is 6.54. The number of aromatic nitrogens is 1. The Labute approximate surface area is 160 Å². The molecule has 0 bridgehead atoms. The van der Waals surface area contributed by atoms with Gasteiger partial charge in [-0.05, 0) is 37.3 Å². The van der Waals surface area contributed by atoms with Crippen molar-refractivity contribution in [3.8, 4) is 0 Å². The molecule has 148 valence electrons. The number of pyridine rings is 1. The maximum Gasteiger partial charge on any atom is 0.303 e. The van der Waals surface area contributed by atoms with Crippen LogP contribution in [0, 0.1) is 5.92 Å². The van der Waals surface area contributed by atoms with Crippen molar-refractivity contribution >= 4 is 11.9 Å². The Bertz CT molecular complexity index is 660. The number of ether oxygens (including phenoxy) is 1. The third-order valence-electron chi connectivity index (χ3n) is 5.65. The van der Waals surface area contributed by atoms with Gasteiger partial charge in [-0.15, -0.1) is 0 Å². The zero-order chi connectivity index (χ0) is 19.2. The van der Waals surface area contributed by atoms with Gasteiger partial charge in [-0.2, -0.15) is 0 Å². The average Bonchev–Trinajstić information content (AvgIpc) is 2.72. The minimum atomic E-state index is -0.777. The van der Waals surface area contributed by atoms with E-state index in [4.69, 9.17) is 9.84 Å². The normalized spacial score (nSPS) is 24.0. The molecule has 2 saturated heterocycles. The molecule has 3 rings (SSSR count). The van der Waals surface area contributed by atoms with Crippen molar-refractivity contribution in [2.24, 2.45) is 5.92 Å². The third-order valence-corrected chi connectivity index (χ3v) is 5.65. The van der Waals surface area contributed by atoms with Gasteiger partial charge in [0.2, 0.25) is 0 Å². The fourth-order valence-electron chi connectivity index (χ4n) is 4.17. The molecule has 0 spiro atoms. The van der Waals surface area contributed by atoms with Crippen LogP contribution in [0.5, 0.6) is 0 Å². The van der Waals surface area contributed by atoms with Crippen LogP contribution >= 0.6 is 0 Å². The van der Waals surface area contributed by atoms with E-state index in [1.54, 1.807) is 12.3 Å². The minimum Gasteiger partial charge on any atom is -0.481 e. The summed E-state index contributed by atoms with van der Waals surface area (Å²) < 4.78 is 5.46. The SMILES string of the molecule is CCc1cc(C(=O)N2CC[C@H](N3CCOCC3)[C@H](CCC(=O)O)C2)ccn1. The molecule has 2 atom stereocenters. The van der Waals surface area contributed by atoms with Crippen LogP contribution in [0.1, 0.15) is 42.2 Å². The number of carboxylic acid groups (broad SMARTS) is 1. The first-order valence-corrected chi connectivity index (χ1v) is 9.86. The summed E-state index contributed by atoms with van der Waals surface area (Å²) in [4.78, 5) is 32.7. The molecule has 0 saturated carbocycles. The van der Waals surface area contributed by atoms with Gasteiger partial charge < -0.3 is 14.7 Å². The zero-order valence-corrected chi connectivity index (χ0v) is 16.0. The number of aryl methyl sites for hydroxylation is 1. The molecule has 1 aromatic heterocycles. The van der Waals surface area contributed by atoms with E-state index in [0.717, 1.165) is 44.8 Å². The molecule has 0 unspecified atom stereocenters. The molecular formula is C20H29N3O4. The lowest BCUT2D eigenvalue weighted by Gasteiger charge is -2.45. The summed E-state index contributed by atoms with van der Waals surface area (Å²) in [5.74, 6) is -0.585. The molecule has 2 aliphatic heterocycles. The molecule has 1 amide bonds. The third kappa shape index (κ3) is 5.05. The highest BCUT2D eigenvalue weighted by Crippen LogP contribution is 2.28. The van der Waals surface area contributed by atoms with Crippen molar-refractivity contribution in [3.05, 3.63) is 29.6 Å². The molecule has 7 heteroatoms. The van der Waals surface area contributed by atoms with E-state index in [-0.39, 0.29) is 18.2 Å². The van der Waals surface area contributed by atoms with Gasteiger partial charge in [0, 0.05) is 56.1 Å². The van der Waals surface area contributed by atoms with Gasteiger partial charge in [-0.1, -0.05) is 6.92 Å². The number of carbonyl (C=O) groups is 2. The number of piperidine rings is 1. The second-order valence-corrected chi connectivity index (χ2v) is 7.34. The van der Waals surface area contributed by atoms with Crippen molar-refractivity contribution in [2.45, 2.75) is 38.6 Å². The van der Waals surface area contributed by atoms with Gasteiger partial charge in [-0.3, -0.25) is 19.5 Å². The Morgan fingerprint density at radius 1 is 1.30 bits per heavy atom. The van der Waals surface area contributed by atoms with E-state index < -0.39 is 5.97 Å². The number of aliphatic carboxylic acids is 1. The molecule has 3 heterocycles. The first-order valence-electron chi connectivity index (χ1n) is 9.86. The van der Waals surface area contributed by atoms with Gasteiger partial charge in [0.25, 0.3) is 5.91 Å². The number of nitrogens with zero attached hydrogens (tertiary/aromatic N) is 3. The second kappa shape index (κ2) is 9.28. The molecular weight excluding hydrogens is 346 g/mol. The van der Waals surface area contributed by atoms with Gasteiger partial charge in [0.1, 0.15) is 0 Å². The highest BCUT2D eigenvalue weighted by molar-refractivity contribution is 5.94. The van der Waals surface area contributed by atoms with E-state index in [9.17, 15) is 9.59 Å². The Morgan fingerprint density at radius 3 is 2.78 bits per heavy atom. The number of carboxylic acids is 1. The van der Waals surface area contributed by atoms with E-state index in [1.165, 1.54) is 0 Å². The summed E-state index contributed by atoms with van der Waals surface area (Å²) in [7, 11) is 0. The molecule has 7 nitrogen and oxygen atoms in total. The number of amides is 1. The van der Waals surface area contributed by atoms with Crippen LogP contribution < -0.4 is 0 Å². The Kier molecular flexibility index (Phi) is 6.79. The van der Waals surface area contributed by atoms with Crippen LogP contribution in [0.3, 0.4) is 0 Å². The van der Waals surface area contributed by atoms with Gasteiger partial charge in [0.05, 0.1) is 13.2 Å². The Hall–Kier alpha value is -1.99. The lowest BCUT2D eigenvalue weighted by atomic mass is 9.86. The Morgan fingerprint density at radius 2 is 2.07 bits per heavy atom. The van der Waals surface area contributed by atoms with E-state index >= 15 is 0 Å². The summed E-state index contributed by atoms with van der Waals surface area (Å²) >= 11 is 0. The molecule has 2 fully saturated rings. The lowest BCUT2D eigenvalue weighted by Crippen LogP contribution is -2.55. The van der Waals surface area contributed by atoms with Crippen molar-refractivity contribution in [1.29, 1.82) is 0 Å². The topological polar surface area (TPSA) is 83.0 Å². The molecule has 0 aromatic carbocycles. The van der Waals surface area contributed by atoms with Crippen LogP contribution in [-0.4, -0.2) is 77.2 Å². The number of carbonyl (C=O) groups excluding carboxylic acids is 1. The zero-order valence-electron chi connectivity index (χ0n) is 16.0. The predicted molar refractivity (Wildman–Crippen MR) is 101 cm³/mol. The monoisotopic (exact) mass is 375 g/mol. The van der Waals surface area contributed by atoms with Crippen LogP contribution in [-0.2, 0) is 16.0 Å². The molecule has 0 radical (unpaired) electrons. The molecule has 1 N–H and O–H groups in total. The summed E-state index contributed by atoms with van der Waals surface area (Å²) in [6.07, 6.45) is 4.10. The van der Waals surface area contributed by atoms with Crippen LogP contribution in [0.25, 0.3) is 0 Å². The summed E-state index contributed by atoms with van der Waals surface area (Å²) in [5.41, 5.74) is 1.58. The number of likely N-dealkylation sites (tertiary alicyclic amines) is 1. The fraction of sp³-hybridized carbons (Fsp3) is 0.650. The molecule has 0 aliphatic carbocycles. The number of hydrogen-bond acceptors (Lipinski definition) is 5. The van der Waals surface area contributed by atoms with Crippen LogP contribution in [0.2, 0.25) is 0 Å². The highest BCUT2D eigenvalue weighted by Gasteiger charge is 2.35. The number of rotatable bonds is 6. The average molecular weight is 375 g/mol. The van der Waals surface area contributed by atoms with E-state index in [1.807, 2.05) is 17.9 Å². The van der Waals surface area contributed by atoms with Gasteiger partial charge in [0.15, 0.2) is 0 Å². The van der Waals surface area contributed by atoms with Crippen molar-refractivity contribution in [1.82, 2.24) is 14.8 Å². The summed E-state index contributed by atoms with van der Waals surface area (Å²) in [6, 6.07) is 3.95. The molecule has 1 aromatic rings. The smallest absolute Gasteiger partial charge is 0.303 e. The highest BCUT2D eigenvalue weighted by atomic mass is 16.5. The standard InChI is InChI=1S/C20H29N3O4/c1-2-17-13-15(5-7-21-17)20(26)23-8-6-18(22-9-11-27-12-10-22)16(14-23)3-4-19(24)25/h5,7,13,16,18H,2-4,6,8-12,14H2,1H3,(H,24,25)/t16-,18+/m1/s1. The number of hydrogen-bond donors (Lipinski definition) is 1. The lowest BCUT2D eigenvalue weighted by molar-refractivity contribution is -0.137. The van der Waals surface area contributed by atoms with Crippen LogP contribution in [0.15, 0.2) is 18.3 Å². The van der Waals surface area contributed by atoms with Gasteiger partial charge in [-0.25, -0.2) is 0 Å². The minimum absolute atomic E-state index is 0.0212. The van der Waals surface area contributed by atoms with Crippen molar-refractivity contribution in [3.63, 3.8) is 0 Å².